The smallest absolute Gasteiger partial charge is 0.175 e. The van der Waals surface area contributed by atoms with Crippen molar-refractivity contribution in [2.45, 2.75) is 4.90 Å². The number of nitrogen functional groups attached to an aromatic ring is 1. The number of hydrogen-bond acceptors (Lipinski definition) is 5. The van der Waals surface area contributed by atoms with Crippen molar-refractivity contribution in [2.24, 2.45) is 0 Å². The van der Waals surface area contributed by atoms with Crippen LogP contribution in [0.4, 0.5) is 5.82 Å². The van der Waals surface area contributed by atoms with E-state index in [-0.39, 0.29) is 4.90 Å². The summed E-state index contributed by atoms with van der Waals surface area (Å²) in [4.78, 5) is 8.45. The summed E-state index contributed by atoms with van der Waals surface area (Å²) in [5.74, 6) is 0.297. The number of anilines is 1. The highest BCUT2D eigenvalue weighted by molar-refractivity contribution is 9.10. The van der Waals surface area contributed by atoms with Crippen molar-refractivity contribution in [1.82, 2.24) is 9.97 Å². The fourth-order valence-corrected chi connectivity index (χ4v) is 2.36. The van der Waals surface area contributed by atoms with Gasteiger partial charge in [0.15, 0.2) is 9.84 Å². The van der Waals surface area contributed by atoms with Crippen LogP contribution in [0.5, 0.6) is 0 Å². The average molecular weight is 328 g/mol. The summed E-state index contributed by atoms with van der Waals surface area (Å²) in [5.41, 5.74) is 6.97. The van der Waals surface area contributed by atoms with Crippen LogP contribution in [-0.4, -0.2) is 24.6 Å². The van der Waals surface area contributed by atoms with Crippen LogP contribution in [0.3, 0.4) is 0 Å². The fraction of sp³-hybridized carbons (Fsp3) is 0.0909. The summed E-state index contributed by atoms with van der Waals surface area (Å²) in [7, 11) is -3.20. The zero-order valence-corrected chi connectivity index (χ0v) is 11.9. The first-order valence-electron chi connectivity index (χ1n) is 4.96. The molecule has 0 fully saturated rings. The second-order valence-corrected chi connectivity index (χ2v) is 6.55. The van der Waals surface area contributed by atoms with Crippen molar-refractivity contribution in [3.05, 3.63) is 35.1 Å². The fourth-order valence-electron chi connectivity index (χ4n) is 1.45. The molecule has 5 nitrogen and oxygen atoms in total. The van der Waals surface area contributed by atoms with Gasteiger partial charge in [0.1, 0.15) is 16.1 Å². The van der Waals surface area contributed by atoms with Crippen molar-refractivity contribution in [3.8, 4) is 11.3 Å². The van der Waals surface area contributed by atoms with Crippen molar-refractivity contribution in [2.75, 3.05) is 12.0 Å². The minimum atomic E-state index is -3.20. The zero-order chi connectivity index (χ0) is 13.3. The van der Waals surface area contributed by atoms with E-state index in [0.717, 1.165) is 6.26 Å². The van der Waals surface area contributed by atoms with Gasteiger partial charge in [-0.3, -0.25) is 0 Å². The Morgan fingerprint density at radius 2 is 1.83 bits per heavy atom. The van der Waals surface area contributed by atoms with Crippen molar-refractivity contribution < 1.29 is 8.42 Å². The number of halogens is 1. The van der Waals surface area contributed by atoms with Gasteiger partial charge in [0.2, 0.25) is 0 Å². The van der Waals surface area contributed by atoms with E-state index >= 15 is 0 Å². The van der Waals surface area contributed by atoms with Gasteiger partial charge in [-0.05, 0) is 28.1 Å². The number of aromatic nitrogens is 2. The first kappa shape index (κ1) is 13.0. The van der Waals surface area contributed by atoms with Crippen molar-refractivity contribution in [1.29, 1.82) is 0 Å². The van der Waals surface area contributed by atoms with Gasteiger partial charge in [0.25, 0.3) is 0 Å². The Kier molecular flexibility index (Phi) is 3.36. The molecular weight excluding hydrogens is 318 g/mol. The van der Waals surface area contributed by atoms with Crippen LogP contribution in [0, 0.1) is 0 Å². The van der Waals surface area contributed by atoms with Crippen LogP contribution < -0.4 is 5.73 Å². The standard InChI is InChI=1S/C11H10BrN3O2S/c1-18(16,17)8-4-2-7(3-5-8)10-11(13)14-6-9(12)15-10/h2-6H,1H3,(H2,13,14). The Hall–Kier alpha value is -1.47. The summed E-state index contributed by atoms with van der Waals surface area (Å²) in [5, 5.41) is 0. The van der Waals surface area contributed by atoms with Crippen molar-refractivity contribution >= 4 is 31.6 Å². The predicted octanol–water partition coefficient (Wildman–Crippen LogP) is 1.89. The third-order valence-corrected chi connectivity index (χ3v) is 3.84. The lowest BCUT2D eigenvalue weighted by atomic mass is 10.1. The van der Waals surface area contributed by atoms with Gasteiger partial charge in [-0.2, -0.15) is 0 Å². The maximum absolute atomic E-state index is 11.3. The molecule has 0 aliphatic rings. The number of benzene rings is 1. The van der Waals surface area contributed by atoms with Crippen LogP contribution in [0.15, 0.2) is 40.0 Å². The third-order valence-electron chi connectivity index (χ3n) is 2.33. The van der Waals surface area contributed by atoms with Crippen LogP contribution in [0.25, 0.3) is 11.3 Å². The Morgan fingerprint density at radius 1 is 1.22 bits per heavy atom. The van der Waals surface area contributed by atoms with Crippen LogP contribution >= 0.6 is 15.9 Å². The first-order valence-corrected chi connectivity index (χ1v) is 7.65. The van der Waals surface area contributed by atoms with E-state index < -0.39 is 9.84 Å². The van der Waals surface area contributed by atoms with Gasteiger partial charge >= 0.3 is 0 Å². The van der Waals surface area contributed by atoms with E-state index in [9.17, 15) is 8.42 Å². The van der Waals surface area contributed by atoms with E-state index in [2.05, 4.69) is 25.9 Å². The maximum Gasteiger partial charge on any atom is 0.175 e. The van der Waals surface area contributed by atoms with E-state index in [1.807, 2.05) is 0 Å². The van der Waals surface area contributed by atoms with Gasteiger partial charge in [-0.15, -0.1) is 0 Å². The monoisotopic (exact) mass is 327 g/mol. The molecule has 2 N–H and O–H groups in total. The minimum Gasteiger partial charge on any atom is -0.382 e. The highest BCUT2D eigenvalue weighted by atomic mass is 79.9. The molecule has 0 saturated carbocycles. The molecule has 2 rings (SSSR count). The number of hydrogen-bond donors (Lipinski definition) is 1. The molecule has 0 aliphatic heterocycles. The summed E-state index contributed by atoms with van der Waals surface area (Å²) < 4.78 is 23.3. The largest absolute Gasteiger partial charge is 0.382 e. The molecule has 0 saturated heterocycles. The molecule has 1 heterocycles. The number of nitrogens with zero attached hydrogens (tertiary/aromatic N) is 2. The third kappa shape index (κ3) is 2.68. The Labute approximate surface area is 113 Å². The highest BCUT2D eigenvalue weighted by Crippen LogP contribution is 2.24. The summed E-state index contributed by atoms with van der Waals surface area (Å²) >= 11 is 3.21. The molecule has 2 aromatic rings. The minimum absolute atomic E-state index is 0.257. The molecule has 0 amide bonds. The molecule has 0 bridgehead atoms. The highest BCUT2D eigenvalue weighted by Gasteiger charge is 2.10. The summed E-state index contributed by atoms with van der Waals surface area (Å²) in [6.45, 7) is 0. The molecule has 1 aromatic carbocycles. The Balaban J connectivity index is 2.50. The van der Waals surface area contributed by atoms with E-state index in [1.54, 1.807) is 12.1 Å². The molecule has 0 radical (unpaired) electrons. The molecular formula is C11H10BrN3O2S. The number of nitrogens with two attached hydrogens (primary N) is 1. The lowest BCUT2D eigenvalue weighted by Crippen LogP contribution is -1.99. The molecule has 0 atom stereocenters. The number of sulfone groups is 1. The van der Waals surface area contributed by atoms with Gasteiger partial charge in [-0.25, -0.2) is 18.4 Å². The molecule has 7 heteroatoms. The zero-order valence-electron chi connectivity index (χ0n) is 9.46. The van der Waals surface area contributed by atoms with Crippen molar-refractivity contribution in [3.63, 3.8) is 0 Å². The molecule has 0 unspecified atom stereocenters. The second-order valence-electron chi connectivity index (χ2n) is 3.72. The Bertz CT molecular complexity index is 684. The Morgan fingerprint density at radius 3 is 2.39 bits per heavy atom. The molecule has 94 valence electrons. The molecule has 0 spiro atoms. The normalized spacial score (nSPS) is 11.4. The molecule has 0 aliphatic carbocycles. The van der Waals surface area contributed by atoms with Crippen LogP contribution in [0.2, 0.25) is 0 Å². The second kappa shape index (κ2) is 4.66. The lowest BCUT2D eigenvalue weighted by Gasteiger charge is -2.05. The maximum atomic E-state index is 11.3. The molecule has 1 aromatic heterocycles. The lowest BCUT2D eigenvalue weighted by molar-refractivity contribution is 0.602. The van der Waals surface area contributed by atoms with Gasteiger partial charge in [0.05, 0.1) is 11.1 Å². The van der Waals surface area contributed by atoms with E-state index in [0.29, 0.717) is 21.7 Å². The molecule has 18 heavy (non-hydrogen) atoms. The van der Waals surface area contributed by atoms with E-state index in [1.165, 1.54) is 18.3 Å². The van der Waals surface area contributed by atoms with Gasteiger partial charge in [-0.1, -0.05) is 12.1 Å². The SMILES string of the molecule is CS(=O)(=O)c1ccc(-c2nc(Br)cnc2N)cc1. The van der Waals surface area contributed by atoms with Gasteiger partial charge in [0, 0.05) is 11.8 Å². The summed E-state index contributed by atoms with van der Waals surface area (Å²) in [6, 6.07) is 6.35. The topological polar surface area (TPSA) is 85.9 Å². The van der Waals surface area contributed by atoms with Gasteiger partial charge < -0.3 is 5.73 Å². The summed E-state index contributed by atoms with van der Waals surface area (Å²) in [6.07, 6.45) is 2.67. The van der Waals surface area contributed by atoms with E-state index in [4.69, 9.17) is 5.73 Å². The predicted molar refractivity (Wildman–Crippen MR) is 72.7 cm³/mol. The quantitative estimate of drug-likeness (QED) is 0.910. The average Bonchev–Trinajstić information content (AvgIpc) is 2.31. The van der Waals surface area contributed by atoms with Crippen LogP contribution in [-0.2, 0) is 9.84 Å². The number of rotatable bonds is 2. The van der Waals surface area contributed by atoms with Crippen LogP contribution in [0.1, 0.15) is 0 Å². The first-order chi connectivity index (χ1) is 8.38.